The lowest BCUT2D eigenvalue weighted by atomic mass is 10.1. The van der Waals surface area contributed by atoms with Gasteiger partial charge < -0.3 is 0 Å². The smallest absolute Gasteiger partial charge is 0.203 e. The Kier molecular flexibility index (Phi) is 5.19. The molecule has 122 valence electrons. The van der Waals surface area contributed by atoms with Gasteiger partial charge in [-0.3, -0.25) is 5.43 Å². The molecule has 1 aromatic heterocycles. The third kappa shape index (κ3) is 3.78. The Hall–Kier alpha value is -1.88. The first kappa shape index (κ1) is 17.0. The van der Waals surface area contributed by atoms with Crippen LogP contribution in [0.5, 0.6) is 0 Å². The lowest BCUT2D eigenvalue weighted by Gasteiger charge is -2.02. The number of hydrogen-bond donors (Lipinski definition) is 1. The topological polar surface area (TPSA) is 37.3 Å². The van der Waals surface area contributed by atoms with Gasteiger partial charge >= 0.3 is 0 Å². The van der Waals surface area contributed by atoms with Crippen LogP contribution in [0.25, 0.3) is 11.3 Å². The molecular weight excluding hydrogens is 361 g/mol. The van der Waals surface area contributed by atoms with E-state index in [1.54, 1.807) is 24.4 Å². The van der Waals surface area contributed by atoms with Gasteiger partial charge in [0.25, 0.3) is 0 Å². The van der Waals surface area contributed by atoms with E-state index < -0.39 is 0 Å². The Morgan fingerprint density at radius 1 is 1.08 bits per heavy atom. The molecule has 1 heterocycles. The van der Waals surface area contributed by atoms with E-state index in [0.717, 1.165) is 11.3 Å². The van der Waals surface area contributed by atoms with Gasteiger partial charge in [0, 0.05) is 16.5 Å². The Morgan fingerprint density at radius 3 is 2.54 bits per heavy atom. The van der Waals surface area contributed by atoms with E-state index in [1.807, 2.05) is 5.38 Å². The second-order valence-electron chi connectivity index (χ2n) is 5.34. The summed E-state index contributed by atoms with van der Waals surface area (Å²) in [4.78, 5) is 4.55. The molecule has 0 spiro atoms. The summed E-state index contributed by atoms with van der Waals surface area (Å²) in [7, 11) is 0. The first-order chi connectivity index (χ1) is 11.5. The van der Waals surface area contributed by atoms with Crippen LogP contribution in [-0.2, 0) is 0 Å². The normalized spacial score (nSPS) is 11.2. The molecular formula is C18H15Cl2N3S. The van der Waals surface area contributed by atoms with Crippen molar-refractivity contribution in [2.75, 3.05) is 5.43 Å². The molecule has 0 bridgehead atoms. The van der Waals surface area contributed by atoms with Crippen molar-refractivity contribution in [1.82, 2.24) is 4.98 Å². The van der Waals surface area contributed by atoms with E-state index in [2.05, 4.69) is 47.6 Å². The van der Waals surface area contributed by atoms with Crippen LogP contribution in [0.2, 0.25) is 10.0 Å². The van der Waals surface area contributed by atoms with Crippen LogP contribution in [0, 0.1) is 13.8 Å². The molecule has 0 unspecified atom stereocenters. The highest BCUT2D eigenvalue weighted by Gasteiger charge is 2.06. The summed E-state index contributed by atoms with van der Waals surface area (Å²) in [5, 5.41) is 8.01. The van der Waals surface area contributed by atoms with Gasteiger partial charge in [0.15, 0.2) is 0 Å². The minimum Gasteiger partial charge on any atom is -0.253 e. The van der Waals surface area contributed by atoms with Gasteiger partial charge in [-0.05, 0) is 43.2 Å². The van der Waals surface area contributed by atoms with Gasteiger partial charge in [-0.1, -0.05) is 41.4 Å². The molecule has 0 radical (unpaired) electrons. The van der Waals surface area contributed by atoms with Crippen molar-refractivity contribution in [1.29, 1.82) is 0 Å². The highest BCUT2D eigenvalue weighted by Crippen LogP contribution is 2.27. The summed E-state index contributed by atoms with van der Waals surface area (Å²) in [5.74, 6) is 0. The van der Waals surface area contributed by atoms with E-state index in [9.17, 15) is 0 Å². The summed E-state index contributed by atoms with van der Waals surface area (Å²) in [6.45, 7) is 4.20. The molecule has 1 N–H and O–H groups in total. The van der Waals surface area contributed by atoms with Gasteiger partial charge in [0.2, 0.25) is 5.13 Å². The Balaban J connectivity index is 1.74. The van der Waals surface area contributed by atoms with Crippen LogP contribution in [-0.4, -0.2) is 11.2 Å². The number of hydrogen-bond acceptors (Lipinski definition) is 4. The average Bonchev–Trinajstić information content (AvgIpc) is 3.02. The monoisotopic (exact) mass is 375 g/mol. The lowest BCUT2D eigenvalue weighted by molar-refractivity contribution is 1.28. The number of hydrazone groups is 1. The number of benzene rings is 2. The molecule has 6 heteroatoms. The number of halogens is 2. The minimum atomic E-state index is 0.558. The summed E-state index contributed by atoms with van der Waals surface area (Å²) >= 11 is 13.7. The fourth-order valence-corrected chi connectivity index (χ4v) is 3.31. The van der Waals surface area contributed by atoms with Crippen LogP contribution >= 0.6 is 34.5 Å². The lowest BCUT2D eigenvalue weighted by Crippen LogP contribution is -1.92. The number of rotatable bonds is 4. The second kappa shape index (κ2) is 7.34. The fourth-order valence-electron chi connectivity index (χ4n) is 2.14. The van der Waals surface area contributed by atoms with E-state index in [-0.39, 0.29) is 0 Å². The maximum atomic E-state index is 6.11. The van der Waals surface area contributed by atoms with Crippen LogP contribution in [0.15, 0.2) is 46.9 Å². The highest BCUT2D eigenvalue weighted by atomic mass is 35.5. The largest absolute Gasteiger partial charge is 0.253 e. The van der Waals surface area contributed by atoms with Gasteiger partial charge in [0.05, 0.1) is 22.0 Å². The third-order valence-corrected chi connectivity index (χ3v) is 5.07. The maximum Gasteiger partial charge on any atom is 0.203 e. The number of nitrogens with one attached hydrogen (secondary N) is 1. The van der Waals surface area contributed by atoms with Crippen LogP contribution in [0.3, 0.4) is 0 Å². The average molecular weight is 376 g/mol. The quantitative estimate of drug-likeness (QED) is 0.436. The van der Waals surface area contributed by atoms with Crippen molar-refractivity contribution >= 4 is 45.9 Å². The van der Waals surface area contributed by atoms with Gasteiger partial charge in [-0.25, -0.2) is 4.98 Å². The zero-order chi connectivity index (χ0) is 17.1. The van der Waals surface area contributed by atoms with E-state index >= 15 is 0 Å². The first-order valence-electron chi connectivity index (χ1n) is 7.31. The van der Waals surface area contributed by atoms with Crippen molar-refractivity contribution in [2.24, 2.45) is 5.10 Å². The van der Waals surface area contributed by atoms with Crippen molar-refractivity contribution in [2.45, 2.75) is 13.8 Å². The minimum absolute atomic E-state index is 0.558. The summed E-state index contributed by atoms with van der Waals surface area (Å²) in [6.07, 6.45) is 1.60. The standard InChI is InChI=1S/C18H15Cl2N3S/c1-11-6-7-13(8-12(11)2)17-10-24-18(22-17)23-21-9-14-15(19)4-3-5-16(14)20/h3-10H,1-2H3,(H,22,23)/b21-9-. The Morgan fingerprint density at radius 2 is 1.83 bits per heavy atom. The third-order valence-electron chi connectivity index (χ3n) is 3.66. The summed E-state index contributed by atoms with van der Waals surface area (Å²) in [5.41, 5.74) is 8.15. The Labute approximate surface area is 155 Å². The highest BCUT2D eigenvalue weighted by molar-refractivity contribution is 7.14. The zero-order valence-electron chi connectivity index (χ0n) is 13.2. The number of thiazole rings is 1. The molecule has 0 aliphatic heterocycles. The van der Waals surface area contributed by atoms with Crippen LogP contribution in [0.1, 0.15) is 16.7 Å². The van der Waals surface area contributed by atoms with Crippen LogP contribution in [0.4, 0.5) is 5.13 Å². The molecule has 0 amide bonds. The molecule has 0 aliphatic rings. The fraction of sp³-hybridized carbons (Fsp3) is 0.111. The molecule has 2 aromatic carbocycles. The van der Waals surface area contributed by atoms with Gasteiger partial charge in [-0.2, -0.15) is 5.10 Å². The van der Waals surface area contributed by atoms with Crippen molar-refractivity contribution in [3.05, 3.63) is 68.5 Å². The summed E-state index contributed by atoms with van der Waals surface area (Å²) < 4.78 is 0. The molecule has 0 saturated heterocycles. The van der Waals surface area contributed by atoms with Crippen molar-refractivity contribution in [3.8, 4) is 11.3 Å². The Bertz CT molecular complexity index is 883. The van der Waals surface area contributed by atoms with Crippen LogP contribution < -0.4 is 5.43 Å². The van der Waals surface area contributed by atoms with E-state index in [4.69, 9.17) is 23.2 Å². The molecule has 0 saturated carbocycles. The molecule has 24 heavy (non-hydrogen) atoms. The van der Waals surface area contributed by atoms with Gasteiger partial charge in [0.1, 0.15) is 0 Å². The van der Waals surface area contributed by atoms with E-state index in [1.165, 1.54) is 22.5 Å². The predicted octanol–water partition coefficient (Wildman–Crippen LogP) is 6.18. The first-order valence-corrected chi connectivity index (χ1v) is 8.94. The number of anilines is 1. The number of nitrogens with zero attached hydrogens (tertiary/aromatic N) is 2. The molecule has 0 atom stereocenters. The maximum absolute atomic E-state index is 6.11. The van der Waals surface area contributed by atoms with E-state index in [0.29, 0.717) is 20.7 Å². The molecule has 3 aromatic rings. The molecule has 0 fully saturated rings. The number of aryl methyl sites for hydroxylation is 2. The van der Waals surface area contributed by atoms with Gasteiger partial charge in [-0.15, -0.1) is 11.3 Å². The summed E-state index contributed by atoms with van der Waals surface area (Å²) in [6, 6.07) is 11.7. The number of aromatic nitrogens is 1. The second-order valence-corrected chi connectivity index (χ2v) is 7.01. The molecule has 3 rings (SSSR count). The molecule has 3 nitrogen and oxygen atoms in total. The SMILES string of the molecule is Cc1ccc(-c2csc(N/N=C\c3c(Cl)cccc3Cl)n2)cc1C. The predicted molar refractivity (Wildman–Crippen MR) is 105 cm³/mol. The zero-order valence-corrected chi connectivity index (χ0v) is 15.5. The van der Waals surface area contributed by atoms with Crippen molar-refractivity contribution in [3.63, 3.8) is 0 Å². The van der Waals surface area contributed by atoms with Crippen molar-refractivity contribution < 1.29 is 0 Å². The molecule has 0 aliphatic carbocycles.